The number of hydrogen-bond donors (Lipinski definition) is 2. The number of carbonyl (C=O) groups is 1. The van der Waals surface area contributed by atoms with Gasteiger partial charge in [-0.1, -0.05) is 36.6 Å². The van der Waals surface area contributed by atoms with Gasteiger partial charge in [0.25, 0.3) is 0 Å². The zero-order valence-electron chi connectivity index (χ0n) is 9.96. The number of nitrogens with two attached hydrogens (primary N) is 1. The Morgan fingerprint density at radius 3 is 2.72 bits per heavy atom. The lowest BCUT2D eigenvalue weighted by atomic mass is 10.0. The van der Waals surface area contributed by atoms with Crippen LogP contribution in [0.4, 0.5) is 4.39 Å². The summed E-state index contributed by atoms with van der Waals surface area (Å²) in [6, 6.07) is 4.02. The SMILES string of the molecule is NC(=O)C(NC1CCCC1)c1cccc(Cl)c1F. The van der Waals surface area contributed by atoms with E-state index < -0.39 is 17.8 Å². The van der Waals surface area contributed by atoms with Crippen LogP contribution in [0.2, 0.25) is 5.02 Å². The first kappa shape index (κ1) is 13.3. The van der Waals surface area contributed by atoms with Gasteiger partial charge in [-0.3, -0.25) is 10.1 Å². The molecule has 3 N–H and O–H groups in total. The standard InChI is InChI=1S/C13H16ClFN2O/c14-10-7-3-6-9(11(10)15)12(13(16)18)17-8-4-1-2-5-8/h3,6-8,12,17H,1-2,4-5H2,(H2,16,18). The monoisotopic (exact) mass is 270 g/mol. The first-order valence-corrected chi connectivity index (χ1v) is 6.46. The summed E-state index contributed by atoms with van der Waals surface area (Å²) < 4.78 is 13.9. The third-order valence-electron chi connectivity index (χ3n) is 3.33. The van der Waals surface area contributed by atoms with Gasteiger partial charge in [0.15, 0.2) is 0 Å². The third-order valence-corrected chi connectivity index (χ3v) is 3.63. The Morgan fingerprint density at radius 1 is 1.44 bits per heavy atom. The van der Waals surface area contributed by atoms with E-state index in [2.05, 4.69) is 5.32 Å². The maximum atomic E-state index is 13.9. The van der Waals surface area contributed by atoms with Crippen LogP contribution in [0.15, 0.2) is 18.2 Å². The molecule has 0 spiro atoms. The van der Waals surface area contributed by atoms with Gasteiger partial charge in [0.1, 0.15) is 11.9 Å². The lowest BCUT2D eigenvalue weighted by Crippen LogP contribution is -2.39. The van der Waals surface area contributed by atoms with Crippen molar-refractivity contribution in [1.82, 2.24) is 5.32 Å². The van der Waals surface area contributed by atoms with E-state index in [1.165, 1.54) is 6.07 Å². The van der Waals surface area contributed by atoms with Gasteiger partial charge in [-0.15, -0.1) is 0 Å². The summed E-state index contributed by atoms with van der Waals surface area (Å²) in [5, 5.41) is 3.13. The molecule has 0 aromatic heterocycles. The number of primary amides is 1. The molecule has 2 rings (SSSR count). The second-order valence-electron chi connectivity index (χ2n) is 4.63. The molecule has 0 saturated heterocycles. The second-order valence-corrected chi connectivity index (χ2v) is 5.03. The Hall–Kier alpha value is -1.13. The zero-order chi connectivity index (χ0) is 13.1. The van der Waals surface area contributed by atoms with Crippen LogP contribution in [-0.2, 0) is 4.79 Å². The fourth-order valence-electron chi connectivity index (χ4n) is 2.40. The molecule has 1 atom stereocenters. The molecule has 1 aliphatic rings. The highest BCUT2D eigenvalue weighted by Crippen LogP contribution is 2.26. The zero-order valence-corrected chi connectivity index (χ0v) is 10.7. The molecule has 1 unspecified atom stereocenters. The lowest BCUT2D eigenvalue weighted by molar-refractivity contribution is -0.120. The van der Waals surface area contributed by atoms with Crippen molar-refractivity contribution in [2.45, 2.75) is 37.8 Å². The van der Waals surface area contributed by atoms with E-state index in [-0.39, 0.29) is 16.6 Å². The predicted molar refractivity (Wildman–Crippen MR) is 68.7 cm³/mol. The van der Waals surface area contributed by atoms with Crippen molar-refractivity contribution < 1.29 is 9.18 Å². The highest BCUT2D eigenvalue weighted by atomic mass is 35.5. The van der Waals surface area contributed by atoms with Crippen molar-refractivity contribution in [3.05, 3.63) is 34.6 Å². The summed E-state index contributed by atoms with van der Waals surface area (Å²) in [4.78, 5) is 11.5. The van der Waals surface area contributed by atoms with Crippen LogP contribution in [0.25, 0.3) is 0 Å². The summed E-state index contributed by atoms with van der Waals surface area (Å²) in [5.74, 6) is -1.16. The van der Waals surface area contributed by atoms with Crippen LogP contribution in [0.5, 0.6) is 0 Å². The third kappa shape index (κ3) is 2.82. The minimum absolute atomic E-state index is 0.00646. The van der Waals surface area contributed by atoms with Crippen LogP contribution >= 0.6 is 11.6 Å². The molecule has 1 fully saturated rings. The van der Waals surface area contributed by atoms with Gasteiger partial charge in [-0.25, -0.2) is 4.39 Å². The van der Waals surface area contributed by atoms with Crippen LogP contribution < -0.4 is 11.1 Å². The van der Waals surface area contributed by atoms with Gasteiger partial charge < -0.3 is 5.73 Å². The highest BCUT2D eigenvalue weighted by Gasteiger charge is 2.26. The molecule has 3 nitrogen and oxygen atoms in total. The average Bonchev–Trinajstić information content (AvgIpc) is 2.83. The van der Waals surface area contributed by atoms with Gasteiger partial charge in [0.2, 0.25) is 5.91 Å². The molecule has 0 bridgehead atoms. The van der Waals surface area contributed by atoms with E-state index in [9.17, 15) is 9.18 Å². The fourth-order valence-corrected chi connectivity index (χ4v) is 2.58. The van der Waals surface area contributed by atoms with Gasteiger partial charge in [-0.2, -0.15) is 0 Å². The predicted octanol–water partition coefficient (Wildman–Crippen LogP) is 2.54. The normalized spacial score (nSPS) is 17.9. The van der Waals surface area contributed by atoms with Crippen molar-refractivity contribution in [2.24, 2.45) is 5.73 Å². The van der Waals surface area contributed by atoms with Crippen molar-refractivity contribution >= 4 is 17.5 Å². The summed E-state index contributed by atoms with van der Waals surface area (Å²) in [6.45, 7) is 0. The molecule has 5 heteroatoms. The Balaban J connectivity index is 2.23. The Morgan fingerprint density at radius 2 is 2.11 bits per heavy atom. The molecule has 18 heavy (non-hydrogen) atoms. The maximum Gasteiger partial charge on any atom is 0.239 e. The van der Waals surface area contributed by atoms with E-state index in [1.54, 1.807) is 12.1 Å². The van der Waals surface area contributed by atoms with E-state index in [4.69, 9.17) is 17.3 Å². The topological polar surface area (TPSA) is 55.1 Å². The number of nitrogens with one attached hydrogen (secondary N) is 1. The summed E-state index contributed by atoms with van der Waals surface area (Å²) in [7, 11) is 0. The summed E-state index contributed by atoms with van der Waals surface area (Å²) in [5.41, 5.74) is 5.58. The minimum atomic E-state index is -0.813. The average molecular weight is 271 g/mol. The summed E-state index contributed by atoms with van der Waals surface area (Å²) in [6.07, 6.45) is 4.24. The van der Waals surface area contributed by atoms with Crippen LogP contribution in [0.3, 0.4) is 0 Å². The Bertz CT molecular complexity index is 447. The van der Waals surface area contributed by atoms with Crippen LogP contribution in [0, 0.1) is 5.82 Å². The highest BCUT2D eigenvalue weighted by molar-refractivity contribution is 6.30. The van der Waals surface area contributed by atoms with Gasteiger partial charge in [0.05, 0.1) is 5.02 Å². The molecule has 1 aromatic carbocycles. The van der Waals surface area contributed by atoms with Gasteiger partial charge >= 0.3 is 0 Å². The first-order valence-electron chi connectivity index (χ1n) is 6.09. The van der Waals surface area contributed by atoms with E-state index in [0.717, 1.165) is 25.7 Å². The first-order chi connectivity index (χ1) is 8.59. The number of amides is 1. The lowest BCUT2D eigenvalue weighted by Gasteiger charge is -2.21. The van der Waals surface area contributed by atoms with Crippen molar-refractivity contribution in [3.8, 4) is 0 Å². The molecule has 0 heterocycles. The van der Waals surface area contributed by atoms with Gasteiger partial charge in [-0.05, 0) is 18.9 Å². The number of rotatable bonds is 4. The summed E-state index contributed by atoms with van der Waals surface area (Å²) >= 11 is 5.72. The number of hydrogen-bond acceptors (Lipinski definition) is 2. The number of benzene rings is 1. The molecular formula is C13H16ClFN2O. The Kier molecular flexibility index (Phi) is 4.19. The van der Waals surface area contributed by atoms with Crippen LogP contribution in [0.1, 0.15) is 37.3 Å². The molecular weight excluding hydrogens is 255 g/mol. The fraction of sp³-hybridized carbons (Fsp3) is 0.462. The van der Waals surface area contributed by atoms with E-state index in [0.29, 0.717) is 0 Å². The molecule has 1 saturated carbocycles. The number of carbonyl (C=O) groups excluding carboxylic acids is 1. The largest absolute Gasteiger partial charge is 0.368 e. The van der Waals surface area contributed by atoms with E-state index >= 15 is 0 Å². The van der Waals surface area contributed by atoms with Crippen molar-refractivity contribution in [2.75, 3.05) is 0 Å². The molecule has 0 radical (unpaired) electrons. The van der Waals surface area contributed by atoms with Gasteiger partial charge in [0, 0.05) is 11.6 Å². The molecule has 1 aliphatic carbocycles. The second kappa shape index (κ2) is 5.67. The molecule has 1 aromatic rings. The van der Waals surface area contributed by atoms with Crippen LogP contribution in [-0.4, -0.2) is 11.9 Å². The Labute approximate surface area is 111 Å². The smallest absolute Gasteiger partial charge is 0.239 e. The van der Waals surface area contributed by atoms with Crippen molar-refractivity contribution in [3.63, 3.8) is 0 Å². The molecule has 98 valence electrons. The van der Waals surface area contributed by atoms with Crippen molar-refractivity contribution in [1.29, 1.82) is 0 Å². The molecule has 0 aliphatic heterocycles. The number of halogens is 2. The maximum absolute atomic E-state index is 13.9. The quantitative estimate of drug-likeness (QED) is 0.883. The molecule has 1 amide bonds. The minimum Gasteiger partial charge on any atom is -0.368 e. The van der Waals surface area contributed by atoms with E-state index in [1.807, 2.05) is 0 Å².